The lowest BCUT2D eigenvalue weighted by Crippen LogP contribution is -2.24. The summed E-state index contributed by atoms with van der Waals surface area (Å²) in [4.78, 5) is 16.4. The normalized spacial score (nSPS) is 21.3. The van der Waals surface area contributed by atoms with E-state index in [4.69, 9.17) is 5.73 Å². The fourth-order valence-corrected chi connectivity index (χ4v) is 2.75. The van der Waals surface area contributed by atoms with E-state index in [2.05, 4.69) is 10.3 Å². The molecule has 5 nitrogen and oxygen atoms in total. The van der Waals surface area contributed by atoms with Crippen molar-refractivity contribution in [2.24, 2.45) is 18.7 Å². The molecule has 0 aliphatic heterocycles. The number of benzene rings is 1. The van der Waals surface area contributed by atoms with Gasteiger partial charge in [0, 0.05) is 25.1 Å². The van der Waals surface area contributed by atoms with Crippen LogP contribution in [-0.2, 0) is 11.8 Å². The first-order valence-corrected chi connectivity index (χ1v) is 6.73. The molecule has 0 spiro atoms. The molecule has 0 bridgehead atoms. The van der Waals surface area contributed by atoms with Gasteiger partial charge in [0.05, 0.1) is 11.0 Å². The number of carbonyl (C=O) groups is 1. The fraction of sp³-hybridized carbons (Fsp3) is 0.429. The first kappa shape index (κ1) is 15.7. The molecular weight excluding hydrogens is 295 g/mol. The lowest BCUT2D eigenvalue weighted by molar-refractivity contribution is -0.119. The van der Waals surface area contributed by atoms with Crippen LogP contribution in [0.3, 0.4) is 0 Å². The molecule has 21 heavy (non-hydrogen) atoms. The quantitative estimate of drug-likeness (QED) is 0.893. The smallest absolute Gasteiger partial charge is 0.229 e. The summed E-state index contributed by atoms with van der Waals surface area (Å²) in [6.45, 7) is 0. The molecule has 2 atom stereocenters. The predicted octanol–water partition coefficient (Wildman–Crippen LogP) is 2.20. The summed E-state index contributed by atoms with van der Waals surface area (Å²) in [6, 6.07) is 4.50. The fourth-order valence-electron chi connectivity index (χ4n) is 2.75. The lowest BCUT2D eigenvalue weighted by atomic mass is 10.1. The molecule has 1 fully saturated rings. The number of aromatic nitrogens is 2. The van der Waals surface area contributed by atoms with Crippen LogP contribution in [0.5, 0.6) is 0 Å². The highest BCUT2D eigenvalue weighted by Crippen LogP contribution is 2.26. The molecule has 1 aliphatic rings. The van der Waals surface area contributed by atoms with E-state index < -0.39 is 0 Å². The molecule has 114 valence electrons. The minimum absolute atomic E-state index is 0. The van der Waals surface area contributed by atoms with Crippen molar-refractivity contribution in [1.29, 1.82) is 0 Å². The molecular formula is C14H18ClFN4O. The Morgan fingerprint density at radius 1 is 1.48 bits per heavy atom. The van der Waals surface area contributed by atoms with Crippen molar-refractivity contribution < 1.29 is 9.18 Å². The summed E-state index contributed by atoms with van der Waals surface area (Å²) in [5.74, 6) is -0.00955. The lowest BCUT2D eigenvalue weighted by Gasteiger charge is -2.10. The van der Waals surface area contributed by atoms with Crippen LogP contribution in [0.15, 0.2) is 18.2 Å². The first-order chi connectivity index (χ1) is 9.54. The number of anilines is 1. The topological polar surface area (TPSA) is 72.9 Å². The van der Waals surface area contributed by atoms with Gasteiger partial charge in [-0.3, -0.25) is 10.1 Å². The third-order valence-corrected chi connectivity index (χ3v) is 3.92. The van der Waals surface area contributed by atoms with Crippen LogP contribution < -0.4 is 11.1 Å². The molecule has 1 heterocycles. The maximum absolute atomic E-state index is 13.2. The Hall–Kier alpha value is -1.66. The molecule has 1 aromatic heterocycles. The number of carbonyl (C=O) groups excluding carboxylic acids is 1. The van der Waals surface area contributed by atoms with Crippen molar-refractivity contribution >= 4 is 35.3 Å². The minimum atomic E-state index is -0.338. The second-order valence-electron chi connectivity index (χ2n) is 5.39. The van der Waals surface area contributed by atoms with Gasteiger partial charge in [0.2, 0.25) is 11.9 Å². The average Bonchev–Trinajstić information content (AvgIpc) is 2.95. The van der Waals surface area contributed by atoms with E-state index in [0.29, 0.717) is 17.9 Å². The zero-order chi connectivity index (χ0) is 14.3. The van der Waals surface area contributed by atoms with E-state index in [9.17, 15) is 9.18 Å². The maximum Gasteiger partial charge on any atom is 0.229 e. The Kier molecular flexibility index (Phi) is 4.49. The van der Waals surface area contributed by atoms with Gasteiger partial charge in [0.15, 0.2) is 0 Å². The van der Waals surface area contributed by atoms with Gasteiger partial charge in [-0.05, 0) is 31.4 Å². The molecule has 3 rings (SSSR count). The van der Waals surface area contributed by atoms with E-state index in [1.165, 1.54) is 12.1 Å². The van der Waals surface area contributed by atoms with E-state index in [1.807, 2.05) is 0 Å². The molecule has 2 unspecified atom stereocenters. The van der Waals surface area contributed by atoms with Crippen molar-refractivity contribution in [3.05, 3.63) is 24.0 Å². The number of fused-ring (bicyclic) bond motifs is 1. The van der Waals surface area contributed by atoms with Gasteiger partial charge in [-0.25, -0.2) is 9.37 Å². The molecule has 0 radical (unpaired) electrons. The van der Waals surface area contributed by atoms with Crippen LogP contribution in [0, 0.1) is 11.7 Å². The van der Waals surface area contributed by atoms with Gasteiger partial charge < -0.3 is 10.3 Å². The molecule has 1 aromatic carbocycles. The molecule has 1 amide bonds. The first-order valence-electron chi connectivity index (χ1n) is 6.73. The number of aryl methyl sites for hydroxylation is 1. The molecule has 7 heteroatoms. The van der Waals surface area contributed by atoms with E-state index in [0.717, 1.165) is 18.4 Å². The van der Waals surface area contributed by atoms with Crippen molar-refractivity contribution in [2.45, 2.75) is 25.3 Å². The Morgan fingerprint density at radius 3 is 2.90 bits per heavy atom. The van der Waals surface area contributed by atoms with Crippen LogP contribution in [0.4, 0.5) is 10.3 Å². The zero-order valence-corrected chi connectivity index (χ0v) is 12.5. The highest BCUT2D eigenvalue weighted by atomic mass is 35.5. The SMILES string of the molecule is Cl.Cn1c(NC(=O)C2CCC(N)C2)nc2cc(F)ccc21. The van der Waals surface area contributed by atoms with Crippen LogP contribution in [0.2, 0.25) is 0 Å². The number of imidazole rings is 1. The highest BCUT2D eigenvalue weighted by molar-refractivity contribution is 5.93. The molecule has 0 saturated heterocycles. The molecule has 1 aliphatic carbocycles. The third kappa shape index (κ3) is 3.01. The maximum atomic E-state index is 13.2. The molecule has 3 N–H and O–H groups in total. The van der Waals surface area contributed by atoms with E-state index in [-0.39, 0.29) is 36.1 Å². The number of nitrogens with zero attached hydrogens (tertiary/aromatic N) is 2. The average molecular weight is 313 g/mol. The van der Waals surface area contributed by atoms with Crippen LogP contribution in [0.25, 0.3) is 11.0 Å². The summed E-state index contributed by atoms with van der Waals surface area (Å²) in [5, 5.41) is 2.82. The third-order valence-electron chi connectivity index (χ3n) is 3.92. The Bertz CT molecular complexity index is 672. The number of rotatable bonds is 2. The van der Waals surface area contributed by atoms with Gasteiger partial charge in [-0.15, -0.1) is 12.4 Å². The van der Waals surface area contributed by atoms with Crippen LogP contribution in [0.1, 0.15) is 19.3 Å². The Labute approximate surface area is 128 Å². The zero-order valence-electron chi connectivity index (χ0n) is 11.7. The van der Waals surface area contributed by atoms with Gasteiger partial charge in [-0.1, -0.05) is 0 Å². The van der Waals surface area contributed by atoms with E-state index in [1.54, 1.807) is 17.7 Å². The number of hydrogen-bond acceptors (Lipinski definition) is 3. The van der Waals surface area contributed by atoms with Crippen LogP contribution in [-0.4, -0.2) is 21.5 Å². The largest absolute Gasteiger partial charge is 0.328 e. The summed E-state index contributed by atoms with van der Waals surface area (Å²) >= 11 is 0. The Morgan fingerprint density at radius 2 is 2.24 bits per heavy atom. The molecule has 1 saturated carbocycles. The second-order valence-corrected chi connectivity index (χ2v) is 5.39. The number of nitrogens with two attached hydrogens (primary N) is 1. The predicted molar refractivity (Wildman–Crippen MR) is 81.9 cm³/mol. The van der Waals surface area contributed by atoms with Crippen molar-refractivity contribution in [1.82, 2.24) is 9.55 Å². The number of halogens is 2. The van der Waals surface area contributed by atoms with Crippen LogP contribution >= 0.6 is 12.4 Å². The van der Waals surface area contributed by atoms with Gasteiger partial charge in [0.1, 0.15) is 5.82 Å². The highest BCUT2D eigenvalue weighted by Gasteiger charge is 2.28. The van der Waals surface area contributed by atoms with Crippen molar-refractivity contribution in [2.75, 3.05) is 5.32 Å². The summed E-state index contributed by atoms with van der Waals surface area (Å²) < 4.78 is 14.9. The number of nitrogens with one attached hydrogen (secondary N) is 1. The monoisotopic (exact) mass is 312 g/mol. The van der Waals surface area contributed by atoms with Gasteiger partial charge in [0.25, 0.3) is 0 Å². The standard InChI is InChI=1S/C14H17FN4O.ClH/c1-19-12-5-3-9(15)7-11(12)17-14(19)18-13(20)8-2-4-10(16)6-8;/h3,5,7-8,10H,2,4,6,16H2,1H3,(H,17,18,20);1H. The molecule has 2 aromatic rings. The Balaban J connectivity index is 0.00000161. The number of hydrogen-bond donors (Lipinski definition) is 2. The van der Waals surface area contributed by atoms with Gasteiger partial charge >= 0.3 is 0 Å². The summed E-state index contributed by atoms with van der Waals surface area (Å²) in [5.41, 5.74) is 7.14. The van der Waals surface area contributed by atoms with Crippen molar-refractivity contribution in [3.63, 3.8) is 0 Å². The summed E-state index contributed by atoms with van der Waals surface area (Å²) in [7, 11) is 1.79. The second kappa shape index (κ2) is 5.99. The number of amides is 1. The van der Waals surface area contributed by atoms with Crippen molar-refractivity contribution in [3.8, 4) is 0 Å². The summed E-state index contributed by atoms with van der Waals surface area (Å²) in [6.07, 6.45) is 2.40. The van der Waals surface area contributed by atoms with E-state index >= 15 is 0 Å². The minimum Gasteiger partial charge on any atom is -0.328 e. The van der Waals surface area contributed by atoms with Gasteiger partial charge in [-0.2, -0.15) is 0 Å².